The number of benzene rings is 3. The van der Waals surface area contributed by atoms with Gasteiger partial charge in [-0.05, 0) is 109 Å². The normalized spacial score (nSPS) is 10.9. The highest BCUT2D eigenvalue weighted by Gasteiger charge is 2.10. The number of phenols is 1. The minimum Gasteiger partial charge on any atom is -0.507 e. The van der Waals surface area contributed by atoms with Crippen molar-refractivity contribution in [3.63, 3.8) is 0 Å². The predicted molar refractivity (Wildman–Crippen MR) is 139 cm³/mol. The van der Waals surface area contributed by atoms with E-state index in [-0.39, 0.29) is 11.7 Å². The third-order valence-corrected chi connectivity index (χ3v) is 6.35. The Morgan fingerprint density at radius 1 is 1.00 bits per heavy atom. The van der Waals surface area contributed by atoms with Crippen molar-refractivity contribution in [1.29, 1.82) is 0 Å². The van der Waals surface area contributed by atoms with Gasteiger partial charge in [-0.25, -0.2) is 5.43 Å². The van der Waals surface area contributed by atoms with E-state index in [0.717, 1.165) is 24.0 Å². The number of carbonyl (C=O) groups is 1. The Hall–Kier alpha value is -1.41. The standard InChI is InChI=1S/C21H15I3N2O3/c22-16-7-6-15(10-19(16)27)21(28)26-25-11-14-8-17(23)20(18(24)9-14)29-12-13-4-2-1-3-5-13/h1-11,27H,12H2,(H,26,28). The summed E-state index contributed by atoms with van der Waals surface area (Å²) in [5.41, 5.74) is 4.77. The number of halogens is 3. The van der Waals surface area contributed by atoms with Crippen LogP contribution in [0.15, 0.2) is 65.8 Å². The van der Waals surface area contributed by atoms with Crippen LogP contribution in [0.1, 0.15) is 21.5 Å². The van der Waals surface area contributed by atoms with E-state index in [1.54, 1.807) is 18.3 Å². The van der Waals surface area contributed by atoms with E-state index >= 15 is 0 Å². The monoisotopic (exact) mass is 724 g/mol. The quantitative estimate of drug-likeness (QED) is 0.199. The highest BCUT2D eigenvalue weighted by Crippen LogP contribution is 2.29. The minimum atomic E-state index is -0.389. The second-order valence-corrected chi connectivity index (χ2v) is 9.44. The Balaban J connectivity index is 1.65. The minimum absolute atomic E-state index is 0.0671. The van der Waals surface area contributed by atoms with E-state index < -0.39 is 0 Å². The number of nitrogens with zero attached hydrogens (tertiary/aromatic N) is 1. The average molecular weight is 724 g/mol. The maximum Gasteiger partial charge on any atom is 0.271 e. The highest BCUT2D eigenvalue weighted by molar-refractivity contribution is 14.1. The summed E-state index contributed by atoms with van der Waals surface area (Å²) in [4.78, 5) is 12.1. The first-order chi connectivity index (χ1) is 13.9. The Morgan fingerprint density at radius 3 is 2.34 bits per heavy atom. The predicted octanol–water partition coefficient (Wildman–Crippen LogP) is 5.55. The number of rotatable bonds is 6. The molecule has 5 nitrogen and oxygen atoms in total. The van der Waals surface area contributed by atoms with Crippen LogP contribution >= 0.6 is 67.8 Å². The third-order valence-electron chi connectivity index (χ3n) is 3.83. The molecule has 0 unspecified atom stereocenters. The Bertz CT molecular complexity index is 1030. The number of hydrogen-bond donors (Lipinski definition) is 2. The van der Waals surface area contributed by atoms with Crippen LogP contribution in [-0.2, 0) is 6.61 Å². The maximum absolute atomic E-state index is 12.1. The van der Waals surface area contributed by atoms with E-state index in [1.807, 2.05) is 65.1 Å². The molecule has 0 fully saturated rings. The Kier molecular flexibility index (Phi) is 8.12. The summed E-state index contributed by atoms with van der Waals surface area (Å²) in [7, 11) is 0. The van der Waals surface area contributed by atoms with Crippen LogP contribution < -0.4 is 10.2 Å². The van der Waals surface area contributed by atoms with Crippen LogP contribution in [0.4, 0.5) is 0 Å². The van der Waals surface area contributed by atoms with Crippen LogP contribution in [0.2, 0.25) is 0 Å². The maximum atomic E-state index is 12.1. The molecule has 1 amide bonds. The molecule has 0 bridgehead atoms. The second-order valence-electron chi connectivity index (χ2n) is 5.95. The molecule has 0 aromatic heterocycles. The number of amides is 1. The fraction of sp³-hybridized carbons (Fsp3) is 0.0476. The molecular formula is C21H15I3N2O3. The Morgan fingerprint density at radius 2 is 1.69 bits per heavy atom. The van der Waals surface area contributed by atoms with Crippen LogP contribution in [-0.4, -0.2) is 17.2 Å². The van der Waals surface area contributed by atoms with Gasteiger partial charge < -0.3 is 9.84 Å². The summed E-state index contributed by atoms with van der Waals surface area (Å²) < 4.78 is 8.58. The summed E-state index contributed by atoms with van der Waals surface area (Å²) in [6, 6.07) is 18.6. The van der Waals surface area contributed by atoms with Crippen molar-refractivity contribution in [1.82, 2.24) is 5.43 Å². The summed E-state index contributed by atoms with van der Waals surface area (Å²) >= 11 is 6.45. The molecule has 0 heterocycles. The van der Waals surface area contributed by atoms with E-state index in [2.05, 4.69) is 55.7 Å². The number of hydrogen-bond acceptors (Lipinski definition) is 4. The second kappa shape index (κ2) is 10.6. The topological polar surface area (TPSA) is 70.9 Å². The van der Waals surface area contributed by atoms with Crippen molar-refractivity contribution in [3.8, 4) is 11.5 Å². The van der Waals surface area contributed by atoms with Gasteiger partial charge in [-0.15, -0.1) is 0 Å². The average Bonchev–Trinajstić information content (AvgIpc) is 2.70. The van der Waals surface area contributed by atoms with E-state index in [0.29, 0.717) is 15.7 Å². The molecule has 0 radical (unpaired) electrons. The largest absolute Gasteiger partial charge is 0.507 e. The summed E-state index contributed by atoms with van der Waals surface area (Å²) in [6.45, 7) is 0.499. The molecule has 3 aromatic rings. The lowest BCUT2D eigenvalue weighted by molar-refractivity contribution is 0.0954. The number of phenolic OH excluding ortho intramolecular Hbond substituents is 1. The van der Waals surface area contributed by atoms with Crippen molar-refractivity contribution in [2.24, 2.45) is 5.10 Å². The lowest BCUT2D eigenvalue weighted by Crippen LogP contribution is -2.17. The van der Waals surface area contributed by atoms with Crippen LogP contribution in [0.25, 0.3) is 0 Å². The van der Waals surface area contributed by atoms with Gasteiger partial charge in [-0.3, -0.25) is 4.79 Å². The zero-order chi connectivity index (χ0) is 20.8. The fourth-order valence-electron chi connectivity index (χ4n) is 2.41. The van der Waals surface area contributed by atoms with Gasteiger partial charge in [0.25, 0.3) is 5.91 Å². The molecular weight excluding hydrogens is 709 g/mol. The highest BCUT2D eigenvalue weighted by atomic mass is 127. The number of hydrazone groups is 1. The molecule has 0 aliphatic heterocycles. The molecule has 0 aliphatic rings. The van der Waals surface area contributed by atoms with Crippen molar-refractivity contribution in [2.75, 3.05) is 0 Å². The van der Waals surface area contributed by atoms with E-state index in [4.69, 9.17) is 4.74 Å². The smallest absolute Gasteiger partial charge is 0.271 e. The fourth-order valence-corrected chi connectivity index (χ4v) is 4.87. The van der Waals surface area contributed by atoms with Crippen LogP contribution in [0.3, 0.4) is 0 Å². The van der Waals surface area contributed by atoms with Gasteiger partial charge in [0.05, 0.1) is 16.9 Å². The lowest BCUT2D eigenvalue weighted by atomic mass is 10.2. The first-order valence-electron chi connectivity index (χ1n) is 8.41. The van der Waals surface area contributed by atoms with Gasteiger partial charge in [-0.2, -0.15) is 5.10 Å². The SMILES string of the molecule is O=C(NN=Cc1cc(I)c(OCc2ccccc2)c(I)c1)c1ccc(I)c(O)c1. The van der Waals surface area contributed by atoms with Gasteiger partial charge >= 0.3 is 0 Å². The first-order valence-corrected chi connectivity index (χ1v) is 11.7. The molecule has 3 rings (SSSR count). The Labute approximate surface area is 209 Å². The third kappa shape index (κ3) is 6.28. The van der Waals surface area contributed by atoms with Gasteiger partial charge in [0, 0.05) is 5.56 Å². The van der Waals surface area contributed by atoms with Crippen molar-refractivity contribution in [3.05, 3.63) is 88.1 Å². The van der Waals surface area contributed by atoms with E-state index in [1.165, 1.54) is 6.07 Å². The molecule has 0 atom stereocenters. The molecule has 8 heteroatoms. The molecule has 0 saturated heterocycles. The zero-order valence-corrected chi connectivity index (χ0v) is 21.4. The molecule has 0 saturated carbocycles. The first kappa shape index (κ1) is 22.3. The number of carbonyl (C=O) groups excluding carboxylic acids is 1. The number of nitrogens with one attached hydrogen (secondary N) is 1. The summed E-state index contributed by atoms with van der Waals surface area (Å²) in [5.74, 6) is 0.503. The molecule has 2 N–H and O–H groups in total. The molecule has 0 spiro atoms. The summed E-state index contributed by atoms with van der Waals surface area (Å²) in [5, 5.41) is 13.7. The molecule has 0 aliphatic carbocycles. The van der Waals surface area contributed by atoms with Crippen molar-refractivity contribution in [2.45, 2.75) is 6.61 Å². The van der Waals surface area contributed by atoms with Crippen LogP contribution in [0, 0.1) is 10.7 Å². The van der Waals surface area contributed by atoms with Crippen molar-refractivity contribution >= 4 is 79.9 Å². The zero-order valence-electron chi connectivity index (χ0n) is 14.9. The number of aromatic hydroxyl groups is 1. The molecule has 3 aromatic carbocycles. The van der Waals surface area contributed by atoms with Gasteiger partial charge in [0.2, 0.25) is 0 Å². The van der Waals surface area contributed by atoms with Crippen molar-refractivity contribution < 1.29 is 14.6 Å². The van der Waals surface area contributed by atoms with Gasteiger partial charge in [-0.1, -0.05) is 30.3 Å². The lowest BCUT2D eigenvalue weighted by Gasteiger charge is -2.11. The van der Waals surface area contributed by atoms with Crippen LogP contribution in [0.5, 0.6) is 11.5 Å². The van der Waals surface area contributed by atoms with E-state index in [9.17, 15) is 9.90 Å². The van der Waals surface area contributed by atoms with Gasteiger partial charge in [0.1, 0.15) is 18.1 Å². The molecule has 29 heavy (non-hydrogen) atoms. The molecule has 148 valence electrons. The van der Waals surface area contributed by atoms with Gasteiger partial charge in [0.15, 0.2) is 0 Å². The summed E-state index contributed by atoms with van der Waals surface area (Å²) in [6.07, 6.45) is 1.58. The number of ether oxygens (including phenoxy) is 1.